The molecule has 1 aliphatic heterocycles. The van der Waals surface area contributed by atoms with E-state index in [1.165, 1.54) is 45.4 Å². The van der Waals surface area contributed by atoms with Crippen LogP contribution >= 0.6 is 0 Å². The van der Waals surface area contributed by atoms with Gasteiger partial charge in [-0.25, -0.2) is 0 Å². The number of allylic oxidation sites excluding steroid dienone is 12. The van der Waals surface area contributed by atoms with Crippen molar-refractivity contribution >= 4 is 17.5 Å². The van der Waals surface area contributed by atoms with Gasteiger partial charge in [0, 0.05) is 12.1 Å². The smallest absolute Gasteiger partial charge is 0.320 e. The number of aliphatic hydroxyl groups is 2. The van der Waals surface area contributed by atoms with Gasteiger partial charge in [-0.2, -0.15) is 9.97 Å². The van der Waals surface area contributed by atoms with Gasteiger partial charge in [0.25, 0.3) is 0 Å². The third-order valence-corrected chi connectivity index (χ3v) is 10.8. The van der Waals surface area contributed by atoms with Gasteiger partial charge in [0.1, 0.15) is 24.3 Å². The molecule has 1 aliphatic rings. The number of fused-ring (bicyclic) bond motifs is 1. The van der Waals surface area contributed by atoms with E-state index in [1.54, 1.807) is 4.90 Å². The van der Waals surface area contributed by atoms with Gasteiger partial charge >= 0.3 is 6.01 Å². The van der Waals surface area contributed by atoms with Crippen molar-refractivity contribution in [2.45, 2.75) is 151 Å². The number of amides is 1. The Morgan fingerprint density at radius 1 is 0.763 bits per heavy atom. The molecule has 0 spiro atoms. The van der Waals surface area contributed by atoms with Gasteiger partial charge in [-0.3, -0.25) is 9.69 Å². The first kappa shape index (κ1) is 49.1. The Morgan fingerprint density at radius 3 is 1.78 bits per heavy atom. The number of ether oxygens (including phenoxy) is 1. The minimum Gasteiger partial charge on any atom is -0.461 e. The van der Waals surface area contributed by atoms with E-state index in [0.29, 0.717) is 17.9 Å². The molecule has 1 unspecified atom stereocenters. The largest absolute Gasteiger partial charge is 0.461 e. The minimum atomic E-state index is -1.06. The van der Waals surface area contributed by atoms with Crippen LogP contribution in [0.15, 0.2) is 94.2 Å². The number of carbonyl (C=O) groups excluding carboxylic acids is 1. The van der Waals surface area contributed by atoms with Crippen LogP contribution in [-0.2, 0) is 24.3 Å². The number of rotatable bonds is 27. The van der Waals surface area contributed by atoms with Gasteiger partial charge in [0.2, 0.25) is 5.91 Å². The summed E-state index contributed by atoms with van der Waals surface area (Å²) >= 11 is 0. The van der Waals surface area contributed by atoms with Crippen LogP contribution in [0.1, 0.15) is 142 Å². The first-order chi connectivity index (χ1) is 28.2. The Kier molecular flexibility index (Phi) is 22.2. The number of nitrogens with two attached hydrogens (primary N) is 1. The van der Waals surface area contributed by atoms with E-state index in [4.69, 9.17) is 15.6 Å². The number of aromatic nitrogens is 2. The highest BCUT2D eigenvalue weighted by molar-refractivity contribution is 6.01. The molecule has 2 heterocycles. The molecule has 1 aromatic carbocycles. The number of hydrogen-bond donors (Lipinski definition) is 3. The second kappa shape index (κ2) is 26.7. The molecule has 59 heavy (non-hydrogen) atoms. The van der Waals surface area contributed by atoms with Crippen LogP contribution in [0.3, 0.4) is 0 Å². The predicted octanol–water partition coefficient (Wildman–Crippen LogP) is 10.7. The summed E-state index contributed by atoms with van der Waals surface area (Å²) in [6, 6.07) is 8.28. The summed E-state index contributed by atoms with van der Waals surface area (Å²) in [5.74, 6) is 0.490. The molecule has 2 aromatic rings. The van der Waals surface area contributed by atoms with E-state index in [1.807, 2.05) is 12.1 Å². The molecule has 0 bridgehead atoms. The molecule has 0 aliphatic carbocycles. The van der Waals surface area contributed by atoms with Crippen molar-refractivity contribution in [3.63, 3.8) is 0 Å². The van der Waals surface area contributed by atoms with Gasteiger partial charge < -0.3 is 25.6 Å². The van der Waals surface area contributed by atoms with E-state index < -0.39 is 12.7 Å². The monoisotopic (exact) mass is 810 g/mol. The van der Waals surface area contributed by atoms with Gasteiger partial charge in [-0.05, 0) is 150 Å². The van der Waals surface area contributed by atoms with Crippen molar-refractivity contribution in [1.29, 1.82) is 0 Å². The van der Waals surface area contributed by atoms with E-state index in [0.717, 1.165) is 89.3 Å². The van der Waals surface area contributed by atoms with Crippen LogP contribution < -0.4 is 15.4 Å². The molecule has 1 aromatic heterocycles. The van der Waals surface area contributed by atoms with E-state index in [2.05, 4.69) is 119 Å². The van der Waals surface area contributed by atoms with Crippen molar-refractivity contribution in [2.24, 2.45) is 0 Å². The van der Waals surface area contributed by atoms with Crippen LogP contribution in [0.2, 0.25) is 0 Å². The van der Waals surface area contributed by atoms with E-state index >= 15 is 0 Å². The summed E-state index contributed by atoms with van der Waals surface area (Å²) in [5, 5.41) is 18.7. The number of nitrogen functional groups attached to an aromatic ring is 1. The molecular formula is C50H75N5O4. The zero-order chi connectivity index (χ0) is 43.2. The van der Waals surface area contributed by atoms with Crippen LogP contribution in [0, 0.1) is 0 Å². The molecule has 3 rings (SSSR count). The highest BCUT2D eigenvalue weighted by Crippen LogP contribution is 2.33. The third-order valence-electron chi connectivity index (χ3n) is 10.8. The third kappa shape index (κ3) is 19.5. The zero-order valence-electron chi connectivity index (χ0n) is 37.7. The Morgan fingerprint density at radius 2 is 1.25 bits per heavy atom. The van der Waals surface area contributed by atoms with Crippen LogP contribution in [0.4, 0.5) is 11.6 Å². The molecule has 4 N–H and O–H groups in total. The lowest BCUT2D eigenvalue weighted by molar-refractivity contribution is -0.117. The summed E-state index contributed by atoms with van der Waals surface area (Å²) in [5.41, 5.74) is 17.7. The fourth-order valence-electron chi connectivity index (χ4n) is 7.03. The second-order valence-corrected chi connectivity index (χ2v) is 16.9. The van der Waals surface area contributed by atoms with Crippen molar-refractivity contribution in [2.75, 3.05) is 37.4 Å². The number of nitrogens with zero attached hydrogens (tertiary/aromatic N) is 4. The molecule has 0 fully saturated rings. The number of unbranched alkanes of at least 4 members (excludes halogenated alkanes) is 1. The van der Waals surface area contributed by atoms with Gasteiger partial charge in [-0.15, -0.1) is 0 Å². The average Bonchev–Trinajstić information content (AvgIpc) is 3.50. The first-order valence-electron chi connectivity index (χ1n) is 21.8. The number of anilines is 2. The van der Waals surface area contributed by atoms with Gasteiger partial charge in [0.15, 0.2) is 0 Å². The number of aliphatic hydroxyl groups excluding tert-OH is 2. The molecule has 9 nitrogen and oxygen atoms in total. The lowest BCUT2D eigenvalue weighted by Crippen LogP contribution is -2.27. The highest BCUT2D eigenvalue weighted by atomic mass is 16.5. The standard InChI is InChI=1S/C50H75N5O4/c1-37(2)16-11-19-40(5)22-12-20-38(3)17-9-10-18-39(4)21-13-23-41(6)24-14-25-42(7)26-15-31-54(8)33-43-27-29-44(30-28-43)34-55-47(58)32-46-48(51)52-50(53-49(46)55)59-36-45(57)35-56/h16-18,22-23,25,27-30,45,56-57H,9-15,19-21,24,26,31-36H2,1-8H3,(H2,51,52,53)/b38-17+,39-18+,40-22+,41-23+,42-25+. The van der Waals surface area contributed by atoms with Crippen LogP contribution in [0.25, 0.3) is 0 Å². The quantitative estimate of drug-likeness (QED) is 0.0602. The van der Waals surface area contributed by atoms with Gasteiger partial charge in [0.05, 0.1) is 19.6 Å². The van der Waals surface area contributed by atoms with Crippen molar-refractivity contribution in [3.8, 4) is 6.01 Å². The SMILES string of the molecule is CC(C)=CCC/C(C)=C/CC/C(C)=C/CC/C=C(\C)CC/C=C(\C)CC/C=C(\C)CCCN(C)Cc1ccc(CN2C(=O)Cc3c(N)nc(OCC(O)CO)nc32)cc1. The summed E-state index contributed by atoms with van der Waals surface area (Å²) in [6.45, 7) is 17.3. The lowest BCUT2D eigenvalue weighted by atomic mass is 10.0. The van der Waals surface area contributed by atoms with Crippen molar-refractivity contribution in [3.05, 3.63) is 111 Å². The van der Waals surface area contributed by atoms with Crippen molar-refractivity contribution < 1.29 is 19.7 Å². The topological polar surface area (TPSA) is 125 Å². The molecule has 0 saturated heterocycles. The summed E-state index contributed by atoms with van der Waals surface area (Å²) in [6.07, 6.45) is 27.1. The molecule has 1 atom stereocenters. The highest BCUT2D eigenvalue weighted by Gasteiger charge is 2.32. The van der Waals surface area contributed by atoms with Crippen LogP contribution in [0.5, 0.6) is 6.01 Å². The molecule has 9 heteroatoms. The van der Waals surface area contributed by atoms with Gasteiger partial charge in [-0.1, -0.05) is 94.2 Å². The molecule has 0 saturated carbocycles. The normalized spacial score (nSPS) is 14.7. The van der Waals surface area contributed by atoms with E-state index in [-0.39, 0.29) is 30.8 Å². The Labute approximate surface area is 356 Å². The summed E-state index contributed by atoms with van der Waals surface area (Å²) in [4.78, 5) is 25.3. The Hall–Kier alpha value is -4.31. The maximum absolute atomic E-state index is 12.9. The second-order valence-electron chi connectivity index (χ2n) is 16.9. The maximum Gasteiger partial charge on any atom is 0.320 e. The molecule has 0 radical (unpaired) electrons. The Bertz CT molecular complexity index is 1800. The average molecular weight is 810 g/mol. The molecular weight excluding hydrogens is 735 g/mol. The summed E-state index contributed by atoms with van der Waals surface area (Å²) in [7, 11) is 2.16. The zero-order valence-corrected chi connectivity index (χ0v) is 37.7. The summed E-state index contributed by atoms with van der Waals surface area (Å²) < 4.78 is 5.40. The molecule has 1 amide bonds. The minimum absolute atomic E-state index is 0.0366. The fourth-order valence-corrected chi connectivity index (χ4v) is 7.03. The fraction of sp³-hybridized carbons (Fsp3) is 0.540. The number of hydrogen-bond acceptors (Lipinski definition) is 8. The Balaban J connectivity index is 1.30. The predicted molar refractivity (Wildman–Crippen MR) is 246 cm³/mol. The van der Waals surface area contributed by atoms with Crippen LogP contribution in [-0.4, -0.2) is 63.9 Å². The first-order valence-corrected chi connectivity index (χ1v) is 21.8. The molecule has 324 valence electrons. The maximum atomic E-state index is 12.9. The lowest BCUT2D eigenvalue weighted by Gasteiger charge is -2.19. The van der Waals surface area contributed by atoms with Crippen molar-refractivity contribution in [1.82, 2.24) is 14.9 Å². The number of benzene rings is 1. The number of carbonyl (C=O) groups is 1. The van der Waals surface area contributed by atoms with E-state index in [9.17, 15) is 9.90 Å².